The van der Waals surface area contributed by atoms with Gasteiger partial charge in [-0.25, -0.2) is 4.39 Å². The van der Waals surface area contributed by atoms with E-state index in [4.69, 9.17) is 16.9 Å². The second-order valence-corrected chi connectivity index (χ2v) is 11.1. The van der Waals surface area contributed by atoms with Crippen molar-refractivity contribution >= 4 is 34.9 Å². The van der Waals surface area contributed by atoms with Crippen molar-refractivity contribution < 1.29 is 9.18 Å². The summed E-state index contributed by atoms with van der Waals surface area (Å²) < 4.78 is 13.5. The van der Waals surface area contributed by atoms with E-state index >= 15 is 0 Å². The Morgan fingerprint density at radius 1 is 1.07 bits per heavy atom. The van der Waals surface area contributed by atoms with Crippen LogP contribution in [0.3, 0.4) is 0 Å². The Bertz CT molecular complexity index is 1510. The molecule has 2 aliphatic heterocycles. The first-order valence-electron chi connectivity index (χ1n) is 14.7. The highest BCUT2D eigenvalue weighted by Gasteiger charge is 2.33. The summed E-state index contributed by atoms with van der Waals surface area (Å²) in [5, 5.41) is 11.0. The number of amidine groups is 1. The topological polar surface area (TPSA) is 137 Å². The minimum absolute atomic E-state index is 0.0353. The van der Waals surface area contributed by atoms with E-state index in [0.717, 1.165) is 62.4 Å². The van der Waals surface area contributed by atoms with E-state index in [2.05, 4.69) is 20.2 Å². The summed E-state index contributed by atoms with van der Waals surface area (Å²) in [5.41, 5.74) is 17.5. The van der Waals surface area contributed by atoms with Crippen molar-refractivity contribution in [1.82, 2.24) is 14.8 Å². The summed E-state index contributed by atoms with van der Waals surface area (Å²) in [6.45, 7) is 5.07. The van der Waals surface area contributed by atoms with Gasteiger partial charge in [0.2, 0.25) is 0 Å². The number of aromatic nitrogens is 1. The van der Waals surface area contributed by atoms with Gasteiger partial charge in [-0.3, -0.25) is 20.2 Å². The average Bonchev–Trinajstić information content (AvgIpc) is 3.35. The lowest BCUT2D eigenvalue weighted by atomic mass is 9.93. The normalized spacial score (nSPS) is 16.4. The number of nitrogens with zero attached hydrogens (tertiary/aromatic N) is 4. The highest BCUT2D eigenvalue weighted by atomic mass is 19.1. The van der Waals surface area contributed by atoms with Gasteiger partial charge in [0.15, 0.2) is 0 Å². The van der Waals surface area contributed by atoms with Gasteiger partial charge in [0.25, 0.3) is 5.91 Å². The first-order valence-corrected chi connectivity index (χ1v) is 14.7. The second kappa shape index (κ2) is 13.6. The fraction of sp³-hybridized carbons (Fsp3) is 0.333. The number of amides is 1. The van der Waals surface area contributed by atoms with E-state index in [9.17, 15) is 9.18 Å². The number of anilines is 1. The van der Waals surface area contributed by atoms with Crippen molar-refractivity contribution in [2.75, 3.05) is 45.1 Å². The van der Waals surface area contributed by atoms with Crippen molar-refractivity contribution in [3.8, 4) is 0 Å². The van der Waals surface area contributed by atoms with Crippen molar-refractivity contribution in [2.45, 2.75) is 25.8 Å². The minimum atomic E-state index is -0.338. The number of carbonyl (C=O) groups is 1. The molecule has 2 aliphatic rings. The van der Waals surface area contributed by atoms with Crippen LogP contribution in [0, 0.1) is 17.1 Å². The number of fused-ring (bicyclic) bond motifs is 1. The van der Waals surface area contributed by atoms with E-state index in [1.807, 2.05) is 29.2 Å². The molecule has 1 amide bonds. The van der Waals surface area contributed by atoms with Crippen LogP contribution < -0.4 is 16.8 Å². The number of benzene rings is 2. The molecule has 43 heavy (non-hydrogen) atoms. The molecule has 224 valence electrons. The van der Waals surface area contributed by atoms with Gasteiger partial charge in [-0.1, -0.05) is 0 Å². The number of carbonyl (C=O) groups excluding carboxylic acids is 1. The van der Waals surface area contributed by atoms with Gasteiger partial charge in [-0.15, -0.1) is 0 Å². The summed E-state index contributed by atoms with van der Waals surface area (Å²) in [5.74, 6) is 0.275. The van der Waals surface area contributed by atoms with Crippen LogP contribution in [0.25, 0.3) is 11.3 Å². The lowest BCUT2D eigenvalue weighted by molar-refractivity contribution is 0.0758. The molecule has 3 aromatic rings. The maximum atomic E-state index is 13.6. The van der Waals surface area contributed by atoms with Gasteiger partial charge >= 0.3 is 0 Å². The van der Waals surface area contributed by atoms with Crippen LogP contribution in [-0.2, 0) is 6.54 Å². The number of aliphatic imine (C=N–C) groups is 1. The smallest absolute Gasteiger partial charge is 0.256 e. The quantitative estimate of drug-likeness (QED) is 0.198. The summed E-state index contributed by atoms with van der Waals surface area (Å²) in [6, 6.07) is 15.4. The number of likely N-dealkylation sites (tertiary alicyclic amines) is 1. The molecule has 0 unspecified atom stereocenters. The molecule has 1 aromatic heterocycles. The number of nitrogens with two attached hydrogens (primary N) is 2. The fourth-order valence-electron chi connectivity index (χ4n) is 5.84. The van der Waals surface area contributed by atoms with Crippen molar-refractivity contribution in [3.05, 3.63) is 94.6 Å². The second-order valence-electron chi connectivity index (χ2n) is 11.1. The Morgan fingerprint density at radius 3 is 2.44 bits per heavy atom. The zero-order valence-electron chi connectivity index (χ0n) is 24.5. The molecule has 6 N–H and O–H groups in total. The zero-order chi connectivity index (χ0) is 30.3. The monoisotopic (exact) mass is 582 g/mol. The number of pyridine rings is 1. The van der Waals surface area contributed by atoms with Gasteiger partial charge in [0.1, 0.15) is 11.7 Å². The maximum absolute atomic E-state index is 13.6. The standard InChI is InChI=1S/C33H39FN8O/c1-38-20-28(31(35)23-2-6-25(34)7-3-23)27-10-14-40-29-21-42(33(43)30(27)29)18-13-22-11-16-41(17-12-22)19-15-39-26-8-4-24(5-9-26)32(36)37/h2-10,14,20,22,39H,11-13,15-19,21,35H2,1H3,(H3,36,37)/b31-28+,38-20?. The summed E-state index contributed by atoms with van der Waals surface area (Å²) in [7, 11) is 1.66. The first kappa shape index (κ1) is 29.9. The molecule has 0 spiro atoms. The van der Waals surface area contributed by atoms with Crippen LogP contribution in [0.2, 0.25) is 0 Å². The van der Waals surface area contributed by atoms with Gasteiger partial charge in [-0.05, 0) is 98.4 Å². The van der Waals surface area contributed by atoms with E-state index < -0.39 is 0 Å². The third-order valence-corrected chi connectivity index (χ3v) is 8.33. The van der Waals surface area contributed by atoms with Crippen LogP contribution in [0.5, 0.6) is 0 Å². The molecule has 9 nitrogen and oxygen atoms in total. The number of nitrogens with one attached hydrogen (secondary N) is 2. The van der Waals surface area contributed by atoms with Gasteiger partial charge in [-0.2, -0.15) is 0 Å². The Labute approximate surface area is 252 Å². The zero-order valence-corrected chi connectivity index (χ0v) is 24.5. The highest BCUT2D eigenvalue weighted by molar-refractivity contribution is 6.22. The summed E-state index contributed by atoms with van der Waals surface area (Å²) in [4.78, 5) is 26.7. The maximum Gasteiger partial charge on any atom is 0.256 e. The Balaban J connectivity index is 1.14. The van der Waals surface area contributed by atoms with E-state index in [0.29, 0.717) is 47.0 Å². The third-order valence-electron chi connectivity index (χ3n) is 8.33. The lowest BCUT2D eigenvalue weighted by Crippen LogP contribution is -2.37. The number of rotatable bonds is 11. The number of halogens is 1. The predicted octanol–water partition coefficient (Wildman–Crippen LogP) is 4.20. The average molecular weight is 583 g/mol. The van der Waals surface area contributed by atoms with Crippen LogP contribution in [0.4, 0.5) is 10.1 Å². The number of nitrogen functional groups attached to an aromatic ring is 1. The molecule has 0 radical (unpaired) electrons. The molecule has 1 saturated heterocycles. The molecule has 0 bridgehead atoms. The highest BCUT2D eigenvalue weighted by Crippen LogP contribution is 2.32. The largest absolute Gasteiger partial charge is 0.398 e. The third kappa shape index (κ3) is 7.09. The Hall–Kier alpha value is -4.57. The first-order chi connectivity index (χ1) is 20.8. The molecular formula is C33H39FN8O. The van der Waals surface area contributed by atoms with E-state index in [1.54, 1.807) is 37.7 Å². The lowest BCUT2D eigenvalue weighted by Gasteiger charge is -2.32. The molecule has 3 heterocycles. The van der Waals surface area contributed by atoms with Crippen molar-refractivity contribution in [3.63, 3.8) is 0 Å². The van der Waals surface area contributed by atoms with Crippen LogP contribution in [0.1, 0.15) is 52.0 Å². The molecule has 2 aromatic carbocycles. The fourth-order valence-corrected chi connectivity index (χ4v) is 5.84. The van der Waals surface area contributed by atoms with E-state index in [1.165, 1.54) is 12.1 Å². The molecule has 1 fully saturated rings. The molecule has 0 aliphatic carbocycles. The SMILES string of the molecule is CN=C/C(=C(\N)c1ccc(F)cc1)c1ccnc2c1C(=O)N(CCC1CCN(CCNc3ccc(C(=N)N)cc3)CC1)C2. The molecule has 5 rings (SSSR count). The summed E-state index contributed by atoms with van der Waals surface area (Å²) >= 11 is 0. The number of allylic oxidation sites excluding steroid dienone is 1. The predicted molar refractivity (Wildman–Crippen MR) is 171 cm³/mol. The van der Waals surface area contributed by atoms with Crippen LogP contribution in [-0.4, -0.2) is 72.5 Å². The van der Waals surface area contributed by atoms with Crippen molar-refractivity contribution in [1.29, 1.82) is 5.41 Å². The Morgan fingerprint density at radius 2 is 1.77 bits per heavy atom. The number of piperidine rings is 1. The molecule has 0 atom stereocenters. The summed E-state index contributed by atoms with van der Waals surface area (Å²) in [6.07, 6.45) is 6.54. The number of hydrogen-bond donors (Lipinski definition) is 4. The molecular weight excluding hydrogens is 543 g/mol. The van der Waals surface area contributed by atoms with Gasteiger partial charge in [0, 0.05) is 67.2 Å². The van der Waals surface area contributed by atoms with Crippen molar-refractivity contribution in [2.24, 2.45) is 22.4 Å². The molecule has 10 heteroatoms. The Kier molecular flexibility index (Phi) is 9.46. The van der Waals surface area contributed by atoms with Crippen LogP contribution in [0.15, 0.2) is 65.8 Å². The van der Waals surface area contributed by atoms with E-state index in [-0.39, 0.29) is 17.6 Å². The van der Waals surface area contributed by atoms with Gasteiger partial charge < -0.3 is 26.6 Å². The molecule has 0 saturated carbocycles. The number of hydrogen-bond acceptors (Lipinski definition) is 7. The van der Waals surface area contributed by atoms with Crippen LogP contribution >= 0.6 is 0 Å². The minimum Gasteiger partial charge on any atom is -0.398 e. The van der Waals surface area contributed by atoms with Gasteiger partial charge in [0.05, 0.1) is 17.8 Å².